The molecule has 1 atom stereocenters. The Kier molecular flexibility index (Phi) is 4.10. The van der Waals surface area contributed by atoms with Crippen molar-refractivity contribution in [2.75, 3.05) is 6.54 Å². The van der Waals surface area contributed by atoms with Gasteiger partial charge in [-0.25, -0.2) is 4.39 Å². The highest BCUT2D eigenvalue weighted by molar-refractivity contribution is 5.22. The molecule has 0 aliphatic heterocycles. The van der Waals surface area contributed by atoms with Crippen LogP contribution in [0.1, 0.15) is 24.1 Å². The molecule has 1 aromatic carbocycles. The Morgan fingerprint density at radius 1 is 1.39 bits per heavy atom. The first-order valence-electron chi connectivity index (χ1n) is 6.16. The summed E-state index contributed by atoms with van der Waals surface area (Å²) in [5.74, 6) is -0.149. The van der Waals surface area contributed by atoms with Crippen molar-refractivity contribution in [2.24, 2.45) is 7.05 Å². The van der Waals surface area contributed by atoms with Crippen molar-refractivity contribution < 1.29 is 4.39 Å². The highest BCUT2D eigenvalue weighted by Gasteiger charge is 2.14. The maximum Gasteiger partial charge on any atom is 0.126 e. The summed E-state index contributed by atoms with van der Waals surface area (Å²) in [7, 11) is 1.88. The van der Waals surface area contributed by atoms with Gasteiger partial charge in [-0.3, -0.25) is 4.68 Å². The molecule has 0 aliphatic rings. The van der Waals surface area contributed by atoms with Crippen LogP contribution in [-0.4, -0.2) is 16.3 Å². The Morgan fingerprint density at radius 2 is 2.17 bits per heavy atom. The summed E-state index contributed by atoms with van der Waals surface area (Å²) in [5, 5.41) is 7.53. The number of nitrogens with zero attached hydrogens (tertiary/aromatic N) is 2. The van der Waals surface area contributed by atoms with Gasteiger partial charge in [0.15, 0.2) is 0 Å². The molecule has 0 radical (unpaired) electrons. The molecule has 0 amide bonds. The van der Waals surface area contributed by atoms with E-state index in [2.05, 4.69) is 10.4 Å². The summed E-state index contributed by atoms with van der Waals surface area (Å²) < 4.78 is 15.4. The van der Waals surface area contributed by atoms with Crippen LogP contribution >= 0.6 is 0 Å². The molecule has 0 saturated carbocycles. The van der Waals surface area contributed by atoms with Crippen LogP contribution in [0, 0.1) is 5.82 Å². The number of nitrogens with one attached hydrogen (secondary N) is 1. The van der Waals surface area contributed by atoms with Crippen molar-refractivity contribution in [3.8, 4) is 0 Å². The fourth-order valence-electron chi connectivity index (χ4n) is 2.06. The van der Waals surface area contributed by atoms with Gasteiger partial charge in [-0.1, -0.05) is 25.1 Å². The summed E-state index contributed by atoms with van der Waals surface area (Å²) >= 11 is 0. The van der Waals surface area contributed by atoms with Gasteiger partial charge in [0.25, 0.3) is 0 Å². The van der Waals surface area contributed by atoms with Crippen LogP contribution in [0.4, 0.5) is 4.39 Å². The fraction of sp³-hybridized carbons (Fsp3) is 0.357. The minimum Gasteiger partial charge on any atom is -0.310 e. The molecule has 18 heavy (non-hydrogen) atoms. The topological polar surface area (TPSA) is 29.9 Å². The third-order valence-corrected chi connectivity index (χ3v) is 2.96. The maximum absolute atomic E-state index is 13.7. The molecule has 1 unspecified atom stereocenters. The molecule has 2 rings (SSSR count). The Morgan fingerprint density at radius 3 is 2.78 bits per heavy atom. The fourth-order valence-corrected chi connectivity index (χ4v) is 2.06. The molecular formula is C14H18FN3. The van der Waals surface area contributed by atoms with Gasteiger partial charge in [0, 0.05) is 24.8 Å². The average Bonchev–Trinajstić information content (AvgIpc) is 2.78. The van der Waals surface area contributed by atoms with Crippen molar-refractivity contribution >= 4 is 0 Å². The Balaban J connectivity index is 2.19. The van der Waals surface area contributed by atoms with E-state index in [1.807, 2.05) is 38.5 Å². The van der Waals surface area contributed by atoms with Gasteiger partial charge >= 0.3 is 0 Å². The summed E-state index contributed by atoms with van der Waals surface area (Å²) in [4.78, 5) is 0. The molecule has 0 fully saturated rings. The SMILES string of the molecule is CCNC(Cc1ccccc1F)c1cnn(C)c1. The molecule has 1 heterocycles. The van der Waals surface area contributed by atoms with Crippen molar-refractivity contribution in [3.05, 3.63) is 53.6 Å². The number of hydrogen-bond donors (Lipinski definition) is 1. The second kappa shape index (κ2) is 5.78. The molecule has 0 bridgehead atoms. The van der Waals surface area contributed by atoms with Gasteiger partial charge in [0.1, 0.15) is 5.82 Å². The third kappa shape index (κ3) is 2.96. The Bertz CT molecular complexity index is 507. The van der Waals surface area contributed by atoms with Gasteiger partial charge < -0.3 is 5.32 Å². The third-order valence-electron chi connectivity index (χ3n) is 2.96. The lowest BCUT2D eigenvalue weighted by molar-refractivity contribution is 0.527. The minimum absolute atomic E-state index is 0.0978. The van der Waals surface area contributed by atoms with E-state index in [0.717, 1.165) is 17.7 Å². The summed E-state index contributed by atoms with van der Waals surface area (Å²) in [6.07, 6.45) is 4.43. The molecule has 2 aromatic rings. The van der Waals surface area contributed by atoms with Crippen molar-refractivity contribution in [2.45, 2.75) is 19.4 Å². The number of aromatic nitrogens is 2. The smallest absolute Gasteiger partial charge is 0.126 e. The van der Waals surface area contributed by atoms with Crippen LogP contribution in [0.3, 0.4) is 0 Å². The van der Waals surface area contributed by atoms with Crippen LogP contribution in [-0.2, 0) is 13.5 Å². The van der Waals surface area contributed by atoms with E-state index in [-0.39, 0.29) is 11.9 Å². The predicted octanol–water partition coefficient (Wildman–Crippen LogP) is 2.45. The Hall–Kier alpha value is -1.68. The molecule has 0 aliphatic carbocycles. The van der Waals surface area contributed by atoms with Crippen molar-refractivity contribution in [3.63, 3.8) is 0 Å². The second-order valence-corrected chi connectivity index (χ2v) is 4.35. The van der Waals surface area contributed by atoms with Gasteiger partial charge in [-0.05, 0) is 24.6 Å². The van der Waals surface area contributed by atoms with Gasteiger partial charge in [0.2, 0.25) is 0 Å². The van der Waals surface area contributed by atoms with Crippen LogP contribution in [0.25, 0.3) is 0 Å². The monoisotopic (exact) mass is 247 g/mol. The number of rotatable bonds is 5. The zero-order chi connectivity index (χ0) is 13.0. The normalized spacial score (nSPS) is 12.6. The first kappa shape index (κ1) is 12.8. The molecule has 3 nitrogen and oxygen atoms in total. The zero-order valence-corrected chi connectivity index (χ0v) is 10.7. The lowest BCUT2D eigenvalue weighted by Gasteiger charge is -2.16. The van der Waals surface area contributed by atoms with Crippen molar-refractivity contribution in [1.29, 1.82) is 0 Å². The highest BCUT2D eigenvalue weighted by Crippen LogP contribution is 2.19. The van der Waals surface area contributed by atoms with E-state index in [4.69, 9.17) is 0 Å². The molecule has 0 saturated heterocycles. The van der Waals surface area contributed by atoms with Crippen LogP contribution in [0.2, 0.25) is 0 Å². The van der Waals surface area contributed by atoms with E-state index < -0.39 is 0 Å². The van der Waals surface area contributed by atoms with E-state index in [1.54, 1.807) is 10.7 Å². The lowest BCUT2D eigenvalue weighted by atomic mass is 10.0. The summed E-state index contributed by atoms with van der Waals surface area (Å²) in [6, 6.07) is 7.01. The first-order valence-corrected chi connectivity index (χ1v) is 6.16. The summed E-state index contributed by atoms with van der Waals surface area (Å²) in [6.45, 7) is 2.89. The number of likely N-dealkylation sites (N-methyl/N-ethyl adjacent to an activating group) is 1. The lowest BCUT2D eigenvalue weighted by Crippen LogP contribution is -2.23. The van der Waals surface area contributed by atoms with E-state index >= 15 is 0 Å². The summed E-state index contributed by atoms with van der Waals surface area (Å²) in [5.41, 5.74) is 1.81. The molecular weight excluding hydrogens is 229 g/mol. The van der Waals surface area contributed by atoms with Gasteiger partial charge in [0.05, 0.1) is 6.20 Å². The molecule has 1 N–H and O–H groups in total. The Labute approximate surface area is 107 Å². The van der Waals surface area contributed by atoms with E-state index in [0.29, 0.717) is 6.42 Å². The van der Waals surface area contributed by atoms with Crippen LogP contribution < -0.4 is 5.32 Å². The van der Waals surface area contributed by atoms with E-state index in [9.17, 15) is 4.39 Å². The van der Waals surface area contributed by atoms with Gasteiger partial charge in [-0.15, -0.1) is 0 Å². The maximum atomic E-state index is 13.7. The van der Waals surface area contributed by atoms with Crippen LogP contribution in [0.15, 0.2) is 36.7 Å². The number of halogens is 1. The van der Waals surface area contributed by atoms with Crippen molar-refractivity contribution in [1.82, 2.24) is 15.1 Å². The number of hydrogen-bond acceptors (Lipinski definition) is 2. The van der Waals surface area contributed by atoms with Crippen LogP contribution in [0.5, 0.6) is 0 Å². The first-order chi connectivity index (χ1) is 8.70. The zero-order valence-electron chi connectivity index (χ0n) is 10.7. The number of aryl methyl sites for hydroxylation is 1. The average molecular weight is 247 g/mol. The molecule has 0 spiro atoms. The predicted molar refractivity (Wildman–Crippen MR) is 69.7 cm³/mol. The number of benzene rings is 1. The highest BCUT2D eigenvalue weighted by atomic mass is 19.1. The molecule has 4 heteroatoms. The van der Waals surface area contributed by atoms with Gasteiger partial charge in [-0.2, -0.15) is 5.10 Å². The second-order valence-electron chi connectivity index (χ2n) is 4.35. The quantitative estimate of drug-likeness (QED) is 0.879. The van der Waals surface area contributed by atoms with E-state index in [1.165, 1.54) is 6.07 Å². The molecule has 1 aromatic heterocycles. The molecule has 96 valence electrons. The largest absolute Gasteiger partial charge is 0.310 e. The standard InChI is InChI=1S/C14H18FN3/c1-3-16-14(12-9-17-18(2)10-12)8-11-6-4-5-7-13(11)15/h4-7,9-10,14,16H,3,8H2,1-2H3. The minimum atomic E-state index is -0.149.